The lowest BCUT2D eigenvalue weighted by atomic mass is 9.91. The van der Waals surface area contributed by atoms with Crippen LogP contribution in [0.1, 0.15) is 37.8 Å². The predicted octanol–water partition coefficient (Wildman–Crippen LogP) is 2.74. The Hall–Kier alpha value is -1.62. The highest BCUT2D eigenvalue weighted by Crippen LogP contribution is 2.20. The van der Waals surface area contributed by atoms with Gasteiger partial charge in [0.25, 0.3) is 0 Å². The molecule has 1 saturated heterocycles. The minimum absolute atomic E-state index is 0.178. The maximum Gasteiger partial charge on any atom is 0.409 e. The van der Waals surface area contributed by atoms with E-state index >= 15 is 0 Å². The number of aryl methyl sites for hydroxylation is 1. The van der Waals surface area contributed by atoms with Gasteiger partial charge in [-0.05, 0) is 50.7 Å². The van der Waals surface area contributed by atoms with Crippen molar-refractivity contribution in [3.8, 4) is 0 Å². The molecule has 0 radical (unpaired) electrons. The van der Waals surface area contributed by atoms with E-state index in [1.165, 1.54) is 11.1 Å². The number of rotatable bonds is 5. The van der Waals surface area contributed by atoms with Gasteiger partial charge in [-0.15, -0.1) is 0 Å². The maximum absolute atomic E-state index is 11.9. The fraction of sp³-hybridized carbons (Fsp3) is 0.647. The number of hydrogen-bond acceptors (Lipinski definition) is 4. The molecule has 1 aromatic rings. The minimum Gasteiger partial charge on any atom is -0.450 e. The van der Waals surface area contributed by atoms with Crippen molar-refractivity contribution in [1.29, 1.82) is 0 Å². The Morgan fingerprint density at radius 2 is 2.36 bits per heavy atom. The first kappa shape index (κ1) is 16.7. The molecule has 0 aliphatic carbocycles. The highest BCUT2D eigenvalue weighted by Gasteiger charge is 2.27. The second-order valence-electron chi connectivity index (χ2n) is 6.09. The van der Waals surface area contributed by atoms with Crippen LogP contribution in [0.15, 0.2) is 18.5 Å². The molecule has 0 spiro atoms. The first-order valence-corrected chi connectivity index (χ1v) is 8.15. The summed E-state index contributed by atoms with van der Waals surface area (Å²) in [6, 6.07) is 2.51. The maximum atomic E-state index is 11.9. The van der Waals surface area contributed by atoms with Crippen LogP contribution in [0.5, 0.6) is 0 Å². The van der Waals surface area contributed by atoms with E-state index < -0.39 is 0 Å². The lowest BCUT2D eigenvalue weighted by Gasteiger charge is -2.35. The van der Waals surface area contributed by atoms with Gasteiger partial charge < -0.3 is 15.0 Å². The molecule has 1 aromatic heterocycles. The van der Waals surface area contributed by atoms with Crippen LogP contribution < -0.4 is 5.32 Å². The second-order valence-corrected chi connectivity index (χ2v) is 6.09. The summed E-state index contributed by atoms with van der Waals surface area (Å²) in [6.45, 7) is 8.93. The zero-order valence-corrected chi connectivity index (χ0v) is 13.8. The molecule has 0 saturated carbocycles. The van der Waals surface area contributed by atoms with E-state index in [1.54, 1.807) is 0 Å². The van der Waals surface area contributed by atoms with Gasteiger partial charge in [-0.3, -0.25) is 4.98 Å². The van der Waals surface area contributed by atoms with Gasteiger partial charge in [0.1, 0.15) is 0 Å². The van der Waals surface area contributed by atoms with Crippen molar-refractivity contribution in [2.75, 3.05) is 19.7 Å². The predicted molar refractivity (Wildman–Crippen MR) is 86.6 cm³/mol. The smallest absolute Gasteiger partial charge is 0.409 e. The largest absolute Gasteiger partial charge is 0.450 e. The summed E-state index contributed by atoms with van der Waals surface area (Å²) in [5.74, 6) is 0.468. The Kier molecular flexibility index (Phi) is 6.19. The van der Waals surface area contributed by atoms with Crippen LogP contribution in [-0.2, 0) is 11.3 Å². The lowest BCUT2D eigenvalue weighted by Crippen LogP contribution is -2.46. The Bertz CT molecular complexity index is 493. The third-order valence-electron chi connectivity index (χ3n) is 4.25. The first-order chi connectivity index (χ1) is 10.6. The van der Waals surface area contributed by atoms with Crippen molar-refractivity contribution >= 4 is 6.09 Å². The van der Waals surface area contributed by atoms with Gasteiger partial charge in [-0.25, -0.2) is 4.79 Å². The second kappa shape index (κ2) is 8.13. The van der Waals surface area contributed by atoms with Gasteiger partial charge in [0.15, 0.2) is 0 Å². The highest BCUT2D eigenvalue weighted by atomic mass is 16.6. The Morgan fingerprint density at radius 3 is 3.09 bits per heavy atom. The number of carbonyl (C=O) groups is 1. The Morgan fingerprint density at radius 1 is 1.55 bits per heavy atom. The molecule has 1 aliphatic heterocycles. The number of nitrogens with zero attached hydrogens (tertiary/aromatic N) is 2. The summed E-state index contributed by atoms with van der Waals surface area (Å²) in [7, 11) is 0. The SMILES string of the molecule is CCOC(=O)N1CCC[C@H]([C@@H](C)NCc2cncc(C)c2)C1. The molecule has 1 N–H and O–H groups in total. The molecule has 2 heterocycles. The van der Waals surface area contributed by atoms with Crippen molar-refractivity contribution < 1.29 is 9.53 Å². The van der Waals surface area contributed by atoms with E-state index in [0.29, 0.717) is 18.6 Å². The van der Waals surface area contributed by atoms with Gasteiger partial charge in [0.2, 0.25) is 0 Å². The molecule has 0 aromatic carbocycles. The fourth-order valence-electron chi connectivity index (χ4n) is 2.96. The van der Waals surface area contributed by atoms with Crippen molar-refractivity contribution in [3.05, 3.63) is 29.6 Å². The number of nitrogens with one attached hydrogen (secondary N) is 1. The van der Waals surface area contributed by atoms with Crippen LogP contribution in [0, 0.1) is 12.8 Å². The van der Waals surface area contributed by atoms with Crippen molar-refractivity contribution in [2.24, 2.45) is 5.92 Å². The van der Waals surface area contributed by atoms with Crippen LogP contribution in [0.2, 0.25) is 0 Å². The number of pyridine rings is 1. The number of carbonyl (C=O) groups excluding carboxylic acids is 1. The van der Waals surface area contributed by atoms with Gasteiger partial charge in [-0.2, -0.15) is 0 Å². The molecule has 2 atom stereocenters. The van der Waals surface area contributed by atoms with E-state index in [2.05, 4.69) is 30.2 Å². The summed E-state index contributed by atoms with van der Waals surface area (Å²) in [5, 5.41) is 3.57. The van der Waals surface area contributed by atoms with Crippen LogP contribution in [0.3, 0.4) is 0 Å². The molecule has 5 heteroatoms. The van der Waals surface area contributed by atoms with Crippen LogP contribution in [0.4, 0.5) is 4.79 Å². The van der Waals surface area contributed by atoms with Gasteiger partial charge in [-0.1, -0.05) is 6.07 Å². The van der Waals surface area contributed by atoms with Crippen molar-refractivity contribution in [2.45, 2.75) is 46.2 Å². The molecule has 1 amide bonds. The summed E-state index contributed by atoms with van der Waals surface area (Å²) in [5.41, 5.74) is 2.38. The fourth-order valence-corrected chi connectivity index (χ4v) is 2.96. The van der Waals surface area contributed by atoms with Crippen molar-refractivity contribution in [1.82, 2.24) is 15.2 Å². The van der Waals surface area contributed by atoms with E-state index in [4.69, 9.17) is 4.74 Å². The van der Waals surface area contributed by atoms with Gasteiger partial charge in [0, 0.05) is 38.1 Å². The third-order valence-corrected chi connectivity index (χ3v) is 4.25. The van der Waals surface area contributed by atoms with E-state index in [1.807, 2.05) is 24.2 Å². The quantitative estimate of drug-likeness (QED) is 0.909. The molecule has 0 unspecified atom stereocenters. The summed E-state index contributed by atoms with van der Waals surface area (Å²) < 4.78 is 5.11. The number of ether oxygens (including phenoxy) is 1. The average Bonchev–Trinajstić information content (AvgIpc) is 2.53. The average molecular weight is 305 g/mol. The third kappa shape index (κ3) is 4.70. The molecular formula is C17H27N3O2. The lowest BCUT2D eigenvalue weighted by molar-refractivity contribution is 0.0830. The Labute approximate surface area is 133 Å². The van der Waals surface area contributed by atoms with E-state index in [-0.39, 0.29) is 6.09 Å². The van der Waals surface area contributed by atoms with Crippen LogP contribution in [0.25, 0.3) is 0 Å². The molecule has 1 fully saturated rings. The summed E-state index contributed by atoms with van der Waals surface area (Å²) in [6.07, 6.45) is 5.78. The van der Waals surface area contributed by atoms with Crippen LogP contribution in [-0.4, -0.2) is 41.7 Å². The molecule has 1 aliphatic rings. The normalized spacial score (nSPS) is 19.8. The van der Waals surface area contributed by atoms with E-state index in [9.17, 15) is 4.79 Å². The number of hydrogen-bond donors (Lipinski definition) is 1. The highest BCUT2D eigenvalue weighted by molar-refractivity contribution is 5.67. The molecular weight excluding hydrogens is 278 g/mol. The number of piperidine rings is 1. The van der Waals surface area contributed by atoms with Crippen molar-refractivity contribution in [3.63, 3.8) is 0 Å². The Balaban J connectivity index is 1.83. The number of aromatic nitrogens is 1. The van der Waals surface area contributed by atoms with E-state index in [0.717, 1.165) is 32.5 Å². The molecule has 2 rings (SSSR count). The molecule has 0 bridgehead atoms. The first-order valence-electron chi connectivity index (χ1n) is 8.15. The molecule has 5 nitrogen and oxygen atoms in total. The molecule has 22 heavy (non-hydrogen) atoms. The molecule has 122 valence electrons. The van der Waals surface area contributed by atoms with Crippen LogP contribution >= 0.6 is 0 Å². The minimum atomic E-state index is -0.178. The number of likely N-dealkylation sites (tertiary alicyclic amines) is 1. The van der Waals surface area contributed by atoms with Gasteiger partial charge in [0.05, 0.1) is 6.61 Å². The topological polar surface area (TPSA) is 54.5 Å². The summed E-state index contributed by atoms with van der Waals surface area (Å²) >= 11 is 0. The standard InChI is InChI=1S/C17H27N3O2/c1-4-22-17(21)20-7-5-6-16(12-20)14(3)19-11-15-8-13(2)9-18-10-15/h8-10,14,16,19H,4-7,11-12H2,1-3H3/t14-,16+/m1/s1. The van der Waals surface area contributed by atoms with Gasteiger partial charge >= 0.3 is 6.09 Å². The number of amides is 1. The zero-order valence-electron chi connectivity index (χ0n) is 13.8. The monoisotopic (exact) mass is 305 g/mol. The zero-order chi connectivity index (χ0) is 15.9. The summed E-state index contributed by atoms with van der Waals surface area (Å²) in [4.78, 5) is 17.9.